The Morgan fingerprint density at radius 2 is 2.16 bits per heavy atom. The van der Waals surface area contributed by atoms with E-state index in [-0.39, 0.29) is 0 Å². The van der Waals surface area contributed by atoms with E-state index in [1.807, 2.05) is 0 Å². The molecule has 1 unspecified atom stereocenters. The van der Waals surface area contributed by atoms with Crippen molar-refractivity contribution in [2.24, 2.45) is 5.92 Å². The first-order valence-electron chi connectivity index (χ1n) is 6.34. The number of carboxylic acids is 1. The predicted octanol–water partition coefficient (Wildman–Crippen LogP) is 1.83. The highest BCUT2D eigenvalue weighted by Crippen LogP contribution is 2.35. The maximum atomic E-state index is 11.4. The molecule has 0 amide bonds. The molecule has 1 aromatic rings. The third-order valence-electron chi connectivity index (χ3n) is 3.30. The summed E-state index contributed by atoms with van der Waals surface area (Å²) >= 11 is 0. The van der Waals surface area contributed by atoms with Crippen molar-refractivity contribution in [3.05, 3.63) is 23.8 Å². The molecule has 2 rings (SSSR count). The van der Waals surface area contributed by atoms with Gasteiger partial charge in [-0.25, -0.2) is 0 Å². The van der Waals surface area contributed by atoms with Crippen LogP contribution in [0.4, 0.5) is 0 Å². The number of aliphatic carboxylic acids is 1. The van der Waals surface area contributed by atoms with Gasteiger partial charge >= 0.3 is 5.97 Å². The molecule has 0 heterocycles. The fourth-order valence-electron chi connectivity index (χ4n) is 2.08. The van der Waals surface area contributed by atoms with Crippen LogP contribution < -0.4 is 14.8 Å². The van der Waals surface area contributed by atoms with Crippen molar-refractivity contribution in [1.29, 1.82) is 0 Å². The van der Waals surface area contributed by atoms with Crippen LogP contribution in [0.5, 0.6) is 11.5 Å². The number of carboxylic acid groups (broad SMARTS) is 1. The van der Waals surface area contributed by atoms with Gasteiger partial charge in [-0.05, 0) is 31.4 Å². The van der Waals surface area contributed by atoms with E-state index < -0.39 is 12.0 Å². The molecular formula is C14H19NO4. The van der Waals surface area contributed by atoms with Crippen LogP contribution in [0.3, 0.4) is 0 Å². The maximum absolute atomic E-state index is 11.4. The van der Waals surface area contributed by atoms with Crippen LogP contribution in [0, 0.1) is 5.92 Å². The lowest BCUT2D eigenvalue weighted by Crippen LogP contribution is -2.30. The zero-order chi connectivity index (χ0) is 13.8. The van der Waals surface area contributed by atoms with Crippen molar-refractivity contribution in [2.45, 2.75) is 18.9 Å². The Kier molecular flexibility index (Phi) is 4.27. The molecule has 0 aromatic heterocycles. The molecule has 0 spiro atoms. The summed E-state index contributed by atoms with van der Waals surface area (Å²) in [6.45, 7) is 0.720. The molecule has 104 valence electrons. The molecule has 19 heavy (non-hydrogen) atoms. The number of rotatable bonds is 7. The number of hydrogen-bond donors (Lipinski definition) is 2. The highest BCUT2D eigenvalue weighted by atomic mass is 16.5. The van der Waals surface area contributed by atoms with Gasteiger partial charge in [-0.3, -0.25) is 4.79 Å². The van der Waals surface area contributed by atoms with Gasteiger partial charge in [0.1, 0.15) is 6.04 Å². The largest absolute Gasteiger partial charge is 0.493 e. The first-order chi connectivity index (χ1) is 9.17. The molecule has 5 nitrogen and oxygen atoms in total. The Morgan fingerprint density at radius 3 is 2.68 bits per heavy atom. The highest BCUT2D eigenvalue weighted by molar-refractivity contribution is 5.77. The smallest absolute Gasteiger partial charge is 0.325 e. The fourth-order valence-corrected chi connectivity index (χ4v) is 2.08. The summed E-state index contributed by atoms with van der Waals surface area (Å²) in [5, 5.41) is 12.5. The van der Waals surface area contributed by atoms with E-state index in [2.05, 4.69) is 5.32 Å². The molecule has 1 aliphatic rings. The van der Waals surface area contributed by atoms with E-state index in [0.29, 0.717) is 23.0 Å². The number of ether oxygens (including phenoxy) is 2. The van der Waals surface area contributed by atoms with Gasteiger partial charge in [0.2, 0.25) is 0 Å². The Morgan fingerprint density at radius 1 is 1.42 bits per heavy atom. The van der Waals surface area contributed by atoms with Gasteiger partial charge in [0.25, 0.3) is 0 Å². The molecule has 0 bridgehead atoms. The summed E-state index contributed by atoms with van der Waals surface area (Å²) in [4.78, 5) is 11.4. The van der Waals surface area contributed by atoms with Crippen LogP contribution in [0.15, 0.2) is 18.2 Å². The fraction of sp³-hybridized carbons (Fsp3) is 0.500. The van der Waals surface area contributed by atoms with Crippen LogP contribution in [0.2, 0.25) is 0 Å². The first kappa shape index (κ1) is 13.7. The van der Waals surface area contributed by atoms with Crippen molar-refractivity contribution in [3.63, 3.8) is 0 Å². The van der Waals surface area contributed by atoms with Crippen molar-refractivity contribution < 1.29 is 19.4 Å². The van der Waals surface area contributed by atoms with E-state index in [0.717, 1.165) is 6.54 Å². The Bertz CT molecular complexity index is 457. The van der Waals surface area contributed by atoms with Crippen LogP contribution >= 0.6 is 0 Å². The van der Waals surface area contributed by atoms with Gasteiger partial charge in [-0.1, -0.05) is 12.1 Å². The summed E-state index contributed by atoms with van der Waals surface area (Å²) in [5.74, 6) is 0.714. The van der Waals surface area contributed by atoms with Crippen LogP contribution in [-0.4, -0.2) is 31.8 Å². The third kappa shape index (κ3) is 3.17. The van der Waals surface area contributed by atoms with E-state index in [1.54, 1.807) is 18.2 Å². The summed E-state index contributed by atoms with van der Waals surface area (Å²) in [6.07, 6.45) is 2.35. The van der Waals surface area contributed by atoms with E-state index in [1.165, 1.54) is 27.1 Å². The second-order valence-corrected chi connectivity index (χ2v) is 4.71. The molecule has 1 aromatic carbocycles. The lowest BCUT2D eigenvalue weighted by molar-refractivity contribution is -0.139. The Labute approximate surface area is 112 Å². The number of hydrogen-bond acceptors (Lipinski definition) is 4. The second kappa shape index (κ2) is 5.93. The van der Waals surface area contributed by atoms with Crippen molar-refractivity contribution in [2.75, 3.05) is 20.8 Å². The van der Waals surface area contributed by atoms with Gasteiger partial charge in [-0.15, -0.1) is 0 Å². The SMILES string of the molecule is COc1cccc(C(NCC2CC2)C(=O)O)c1OC. The van der Waals surface area contributed by atoms with Crippen LogP contribution in [-0.2, 0) is 4.79 Å². The second-order valence-electron chi connectivity index (χ2n) is 4.71. The zero-order valence-corrected chi connectivity index (χ0v) is 11.2. The Hall–Kier alpha value is -1.75. The number of benzene rings is 1. The third-order valence-corrected chi connectivity index (χ3v) is 3.30. The van der Waals surface area contributed by atoms with Crippen molar-refractivity contribution in [3.8, 4) is 11.5 Å². The molecule has 0 radical (unpaired) electrons. The minimum atomic E-state index is -0.910. The lowest BCUT2D eigenvalue weighted by atomic mass is 10.0. The molecule has 1 aliphatic carbocycles. The molecular weight excluding hydrogens is 246 g/mol. The molecule has 1 saturated carbocycles. The van der Waals surface area contributed by atoms with Gasteiger partial charge in [0.05, 0.1) is 14.2 Å². The standard InChI is InChI=1S/C14H19NO4/c1-18-11-5-3-4-10(13(11)19-2)12(14(16)17)15-8-9-6-7-9/h3-5,9,12,15H,6-8H2,1-2H3,(H,16,17). The summed E-state index contributed by atoms with van der Waals surface area (Å²) < 4.78 is 10.5. The van der Waals surface area contributed by atoms with Gasteiger partial charge in [-0.2, -0.15) is 0 Å². The summed E-state index contributed by atoms with van der Waals surface area (Å²) in [6, 6.07) is 4.50. The quantitative estimate of drug-likeness (QED) is 0.787. The highest BCUT2D eigenvalue weighted by Gasteiger charge is 2.28. The average Bonchev–Trinajstić information content (AvgIpc) is 3.22. The first-order valence-corrected chi connectivity index (χ1v) is 6.34. The average molecular weight is 265 g/mol. The zero-order valence-electron chi connectivity index (χ0n) is 11.2. The molecule has 1 atom stereocenters. The molecule has 0 saturated heterocycles. The van der Waals surface area contributed by atoms with Gasteiger partial charge in [0, 0.05) is 5.56 Å². The number of carbonyl (C=O) groups is 1. The number of para-hydroxylation sites is 1. The van der Waals surface area contributed by atoms with Crippen molar-refractivity contribution >= 4 is 5.97 Å². The Balaban J connectivity index is 2.26. The number of methoxy groups -OCH3 is 2. The minimum absolute atomic E-state index is 0.473. The maximum Gasteiger partial charge on any atom is 0.325 e. The topological polar surface area (TPSA) is 67.8 Å². The molecule has 2 N–H and O–H groups in total. The van der Waals surface area contributed by atoms with Gasteiger partial charge < -0.3 is 19.9 Å². The van der Waals surface area contributed by atoms with Gasteiger partial charge in [0.15, 0.2) is 11.5 Å². The van der Waals surface area contributed by atoms with Crippen molar-refractivity contribution in [1.82, 2.24) is 5.32 Å². The minimum Gasteiger partial charge on any atom is -0.493 e. The van der Waals surface area contributed by atoms with E-state index in [9.17, 15) is 9.90 Å². The van der Waals surface area contributed by atoms with E-state index >= 15 is 0 Å². The molecule has 1 fully saturated rings. The number of nitrogens with one attached hydrogen (secondary N) is 1. The summed E-state index contributed by atoms with van der Waals surface area (Å²) in [7, 11) is 3.05. The lowest BCUT2D eigenvalue weighted by Gasteiger charge is -2.19. The predicted molar refractivity (Wildman–Crippen MR) is 70.6 cm³/mol. The van der Waals surface area contributed by atoms with Crippen LogP contribution in [0.25, 0.3) is 0 Å². The van der Waals surface area contributed by atoms with E-state index in [4.69, 9.17) is 9.47 Å². The summed E-state index contributed by atoms with van der Waals surface area (Å²) in [5.41, 5.74) is 0.593. The monoisotopic (exact) mass is 265 g/mol. The normalized spacial score (nSPS) is 15.9. The molecule has 5 heteroatoms. The van der Waals surface area contributed by atoms with Crippen LogP contribution in [0.1, 0.15) is 24.4 Å². The molecule has 0 aliphatic heterocycles.